The molecule has 0 saturated carbocycles. The average molecular weight is 434 g/mol. The Morgan fingerprint density at radius 2 is 1.60 bits per heavy atom. The van der Waals surface area contributed by atoms with Gasteiger partial charge in [-0.05, 0) is 20.3 Å². The predicted octanol–water partition coefficient (Wildman–Crippen LogP) is 1.62. The molecule has 1 heterocycles. The van der Waals surface area contributed by atoms with Crippen LogP contribution in [0, 0.1) is 0 Å². The monoisotopic (exact) mass is 433 g/mol. The van der Waals surface area contributed by atoms with E-state index in [0.29, 0.717) is 6.42 Å². The maximum Gasteiger partial charge on any atom is 0.220 e. The lowest BCUT2D eigenvalue weighted by Crippen LogP contribution is -2.65. The van der Waals surface area contributed by atoms with Crippen molar-refractivity contribution in [2.45, 2.75) is 121 Å². The van der Waals surface area contributed by atoms with Crippen molar-refractivity contribution < 1.29 is 34.7 Å². The van der Waals surface area contributed by atoms with Crippen LogP contribution in [0.25, 0.3) is 0 Å². The van der Waals surface area contributed by atoms with Gasteiger partial charge in [0.15, 0.2) is 5.79 Å². The molecule has 1 saturated heterocycles. The van der Waals surface area contributed by atoms with Crippen molar-refractivity contribution in [3.63, 3.8) is 0 Å². The Morgan fingerprint density at radius 1 is 1.03 bits per heavy atom. The van der Waals surface area contributed by atoms with Gasteiger partial charge in [0.1, 0.15) is 24.4 Å². The number of nitrogens with one attached hydrogen (secondary N) is 1. The van der Waals surface area contributed by atoms with E-state index in [9.17, 15) is 25.2 Å². The largest absolute Gasteiger partial charge is 0.394 e. The van der Waals surface area contributed by atoms with Gasteiger partial charge >= 0.3 is 0 Å². The molecular formula is C22H43NO7. The summed E-state index contributed by atoms with van der Waals surface area (Å²) in [7, 11) is 0. The summed E-state index contributed by atoms with van der Waals surface area (Å²) in [6.07, 6.45) is 5.78. The number of hydrogen-bond acceptors (Lipinski definition) is 7. The van der Waals surface area contributed by atoms with Crippen molar-refractivity contribution in [2.24, 2.45) is 0 Å². The van der Waals surface area contributed by atoms with Crippen molar-refractivity contribution in [3.05, 3.63) is 0 Å². The van der Waals surface area contributed by atoms with Crippen LogP contribution in [-0.4, -0.2) is 75.8 Å². The third-order valence-electron chi connectivity index (χ3n) is 5.69. The molecule has 5 N–H and O–H groups in total. The lowest BCUT2D eigenvalue weighted by atomic mass is 9.93. The number of aliphatic hydroxyl groups is 4. The summed E-state index contributed by atoms with van der Waals surface area (Å²) in [5, 5.41) is 42.1. The van der Waals surface area contributed by atoms with Crippen molar-refractivity contribution in [2.75, 3.05) is 13.2 Å². The van der Waals surface area contributed by atoms with Gasteiger partial charge in [-0.1, -0.05) is 58.3 Å². The van der Waals surface area contributed by atoms with Crippen LogP contribution in [0.5, 0.6) is 0 Å². The van der Waals surface area contributed by atoms with E-state index in [1.807, 2.05) is 0 Å². The van der Waals surface area contributed by atoms with Gasteiger partial charge in [0.25, 0.3) is 0 Å². The topological polar surface area (TPSA) is 128 Å². The number of carbonyl (C=O) groups excluding carboxylic acids is 1. The maximum absolute atomic E-state index is 12.1. The smallest absolute Gasteiger partial charge is 0.220 e. The molecule has 1 amide bonds. The van der Waals surface area contributed by atoms with E-state index in [0.717, 1.165) is 19.3 Å². The minimum atomic E-state index is -1.60. The number of carbonyl (C=O) groups is 1. The first-order chi connectivity index (χ1) is 14.2. The van der Waals surface area contributed by atoms with E-state index >= 15 is 0 Å². The summed E-state index contributed by atoms with van der Waals surface area (Å²) in [4.78, 5) is 12.1. The van der Waals surface area contributed by atoms with Gasteiger partial charge in [-0.3, -0.25) is 4.79 Å². The number of amides is 1. The third-order valence-corrected chi connectivity index (χ3v) is 5.69. The second-order valence-corrected chi connectivity index (χ2v) is 8.64. The van der Waals surface area contributed by atoms with Crippen LogP contribution in [0.1, 0.15) is 85.0 Å². The zero-order valence-electron chi connectivity index (χ0n) is 18.9. The van der Waals surface area contributed by atoms with Gasteiger partial charge in [0.05, 0.1) is 13.2 Å². The van der Waals surface area contributed by atoms with Crippen LogP contribution in [-0.2, 0) is 14.3 Å². The lowest BCUT2D eigenvalue weighted by molar-refractivity contribution is -0.357. The van der Waals surface area contributed by atoms with Crippen molar-refractivity contribution in [3.8, 4) is 0 Å². The summed E-state index contributed by atoms with van der Waals surface area (Å²) in [6, 6.07) is -0.319. The Balaban J connectivity index is 2.22. The molecule has 1 aliphatic heterocycles. The molecule has 2 unspecified atom stereocenters. The van der Waals surface area contributed by atoms with Crippen LogP contribution in [0.2, 0.25) is 0 Å². The lowest BCUT2D eigenvalue weighted by Gasteiger charge is -2.46. The summed E-state index contributed by atoms with van der Waals surface area (Å²) >= 11 is 0. The number of unbranched alkanes of at least 4 members (excludes halogenated alkanes) is 8. The predicted molar refractivity (Wildman–Crippen MR) is 114 cm³/mol. The molecule has 8 nitrogen and oxygen atoms in total. The summed E-state index contributed by atoms with van der Waals surface area (Å²) in [5.74, 6) is -1.64. The Bertz CT molecular complexity index is 476. The molecule has 1 rings (SSSR count). The highest BCUT2D eigenvalue weighted by Crippen LogP contribution is 2.31. The molecule has 1 aliphatic rings. The molecule has 0 radical (unpaired) electrons. The molecular weight excluding hydrogens is 390 g/mol. The second-order valence-electron chi connectivity index (χ2n) is 8.64. The highest BCUT2D eigenvalue weighted by molar-refractivity contribution is 5.76. The molecule has 8 heteroatoms. The first-order valence-corrected chi connectivity index (χ1v) is 11.5. The average Bonchev–Trinajstić information content (AvgIpc) is 2.72. The fourth-order valence-electron chi connectivity index (χ4n) is 3.70. The van der Waals surface area contributed by atoms with Crippen LogP contribution in [0.15, 0.2) is 0 Å². The Labute approximate surface area is 181 Å². The van der Waals surface area contributed by atoms with Crippen molar-refractivity contribution >= 4 is 5.91 Å². The Morgan fingerprint density at radius 3 is 2.17 bits per heavy atom. The van der Waals surface area contributed by atoms with Gasteiger partial charge in [-0.15, -0.1) is 0 Å². The van der Waals surface area contributed by atoms with Crippen LogP contribution >= 0.6 is 0 Å². The highest BCUT2D eigenvalue weighted by Gasteiger charge is 2.51. The van der Waals surface area contributed by atoms with Gasteiger partial charge in [0.2, 0.25) is 5.91 Å². The van der Waals surface area contributed by atoms with E-state index in [2.05, 4.69) is 12.2 Å². The molecule has 0 spiro atoms. The van der Waals surface area contributed by atoms with Crippen molar-refractivity contribution in [1.82, 2.24) is 5.32 Å². The number of hydrogen-bond donors (Lipinski definition) is 5. The summed E-state index contributed by atoms with van der Waals surface area (Å²) in [6.45, 7) is 4.97. The highest BCUT2D eigenvalue weighted by atomic mass is 16.7. The Kier molecular flexibility index (Phi) is 13.0. The van der Waals surface area contributed by atoms with Crippen LogP contribution < -0.4 is 5.32 Å². The number of ether oxygens (including phenoxy) is 2. The molecule has 0 aromatic carbocycles. The van der Waals surface area contributed by atoms with Gasteiger partial charge in [-0.25, -0.2) is 0 Å². The molecule has 0 aromatic rings. The molecule has 178 valence electrons. The zero-order valence-corrected chi connectivity index (χ0v) is 18.9. The van der Waals surface area contributed by atoms with E-state index in [-0.39, 0.29) is 18.6 Å². The standard InChI is InChI=1S/C22H43NO7/c1-4-5-6-7-8-9-10-11-12-13-18(25)23-16(2)15-29-22(3)21(28)20(27)19(26)17(14-24)30-22/h16-17,19-21,24,26-28H,4-15H2,1-3H3,(H,23,25)/t16?,17-,19-,20+,21-,22?/m1/s1. The molecule has 30 heavy (non-hydrogen) atoms. The molecule has 0 bridgehead atoms. The van der Waals surface area contributed by atoms with E-state index < -0.39 is 36.8 Å². The normalized spacial score (nSPS) is 30.2. The van der Waals surface area contributed by atoms with Crippen LogP contribution in [0.3, 0.4) is 0 Å². The molecule has 6 atom stereocenters. The first-order valence-electron chi connectivity index (χ1n) is 11.5. The van der Waals surface area contributed by atoms with Crippen LogP contribution in [0.4, 0.5) is 0 Å². The second kappa shape index (κ2) is 14.3. The number of rotatable bonds is 15. The molecule has 1 fully saturated rings. The number of aliphatic hydroxyl groups excluding tert-OH is 4. The first kappa shape index (κ1) is 27.3. The van der Waals surface area contributed by atoms with E-state index in [1.54, 1.807) is 6.92 Å². The van der Waals surface area contributed by atoms with Crippen molar-refractivity contribution in [1.29, 1.82) is 0 Å². The maximum atomic E-state index is 12.1. The summed E-state index contributed by atoms with van der Waals surface area (Å²) < 4.78 is 11.1. The quantitative estimate of drug-likeness (QED) is 0.248. The van der Waals surface area contributed by atoms with Gasteiger partial charge < -0.3 is 35.2 Å². The minimum absolute atomic E-state index is 0.0481. The fraction of sp³-hybridized carbons (Fsp3) is 0.955. The van der Waals surface area contributed by atoms with E-state index in [1.165, 1.54) is 45.4 Å². The molecule has 0 aromatic heterocycles. The Hall–Kier alpha value is -0.770. The summed E-state index contributed by atoms with van der Waals surface area (Å²) in [5.41, 5.74) is 0. The fourth-order valence-corrected chi connectivity index (χ4v) is 3.70. The van der Waals surface area contributed by atoms with Gasteiger partial charge in [0, 0.05) is 12.5 Å². The minimum Gasteiger partial charge on any atom is -0.394 e. The molecule has 0 aliphatic carbocycles. The van der Waals surface area contributed by atoms with Gasteiger partial charge in [-0.2, -0.15) is 0 Å². The third kappa shape index (κ3) is 9.16. The van der Waals surface area contributed by atoms with E-state index in [4.69, 9.17) is 9.47 Å². The zero-order chi connectivity index (χ0) is 22.6. The SMILES string of the molecule is CCCCCCCCCCCC(=O)NC(C)COC1(C)O[C@H](CO)[C@@H](O)[C@H](O)[C@H]1O.